The third-order valence-corrected chi connectivity index (χ3v) is 4.33. The van der Waals surface area contributed by atoms with Gasteiger partial charge in [0.25, 0.3) is 0 Å². The second-order valence-electron chi connectivity index (χ2n) is 5.89. The fourth-order valence-corrected chi connectivity index (χ4v) is 3.17. The number of carbonyl (C=O) groups is 1. The van der Waals surface area contributed by atoms with Crippen molar-refractivity contribution in [3.05, 3.63) is 28.3 Å². The Balaban J connectivity index is 2.07. The molecule has 0 radical (unpaired) electrons. The summed E-state index contributed by atoms with van der Waals surface area (Å²) in [5.41, 5.74) is 2.71. The molecule has 1 heterocycles. The summed E-state index contributed by atoms with van der Waals surface area (Å²) in [6, 6.07) is 3.56. The Morgan fingerprint density at radius 3 is 2.81 bits per heavy atom. The van der Waals surface area contributed by atoms with Crippen LogP contribution in [0.2, 0.25) is 5.02 Å². The van der Waals surface area contributed by atoms with Crippen molar-refractivity contribution in [2.45, 2.75) is 45.8 Å². The van der Waals surface area contributed by atoms with E-state index in [1.807, 2.05) is 37.8 Å². The van der Waals surface area contributed by atoms with Crippen molar-refractivity contribution in [1.82, 2.24) is 4.90 Å². The summed E-state index contributed by atoms with van der Waals surface area (Å²) in [5, 5.41) is 13.2. The van der Waals surface area contributed by atoms with Crippen LogP contribution in [0.3, 0.4) is 0 Å². The van der Waals surface area contributed by atoms with Gasteiger partial charge < -0.3 is 10.4 Å². The van der Waals surface area contributed by atoms with Crippen molar-refractivity contribution >= 4 is 23.2 Å². The normalized spacial score (nSPS) is 21.1. The molecule has 5 heteroatoms. The van der Waals surface area contributed by atoms with Crippen molar-refractivity contribution < 1.29 is 9.90 Å². The van der Waals surface area contributed by atoms with Crippen LogP contribution in [-0.4, -0.2) is 41.1 Å². The number of piperidine rings is 1. The van der Waals surface area contributed by atoms with E-state index in [1.165, 1.54) is 0 Å². The van der Waals surface area contributed by atoms with Gasteiger partial charge in [0, 0.05) is 6.54 Å². The lowest BCUT2D eigenvalue weighted by atomic mass is 10.1. The second-order valence-corrected chi connectivity index (χ2v) is 6.30. The monoisotopic (exact) mass is 310 g/mol. The number of aryl methyl sites for hydroxylation is 2. The topological polar surface area (TPSA) is 52.6 Å². The van der Waals surface area contributed by atoms with E-state index in [0.717, 1.165) is 30.5 Å². The smallest absolute Gasteiger partial charge is 0.241 e. The summed E-state index contributed by atoms with van der Waals surface area (Å²) >= 11 is 6.22. The van der Waals surface area contributed by atoms with E-state index in [4.69, 9.17) is 11.6 Å². The zero-order valence-electron chi connectivity index (χ0n) is 12.8. The van der Waals surface area contributed by atoms with E-state index in [9.17, 15) is 9.90 Å². The number of rotatable bonds is 3. The molecule has 1 aromatic rings. The van der Waals surface area contributed by atoms with Gasteiger partial charge in [0.15, 0.2) is 0 Å². The number of β-amino-alcohol motifs (C(OH)–C–C–N with tert-alkyl or cyclic N) is 1. The van der Waals surface area contributed by atoms with Gasteiger partial charge >= 0.3 is 0 Å². The number of halogens is 1. The van der Waals surface area contributed by atoms with Gasteiger partial charge in [-0.05, 0) is 57.4 Å². The van der Waals surface area contributed by atoms with Crippen LogP contribution in [0.4, 0.5) is 5.69 Å². The van der Waals surface area contributed by atoms with Gasteiger partial charge in [-0.15, -0.1) is 0 Å². The van der Waals surface area contributed by atoms with E-state index in [1.54, 1.807) is 0 Å². The third kappa shape index (κ3) is 3.96. The van der Waals surface area contributed by atoms with Gasteiger partial charge in [-0.2, -0.15) is 0 Å². The molecule has 2 unspecified atom stereocenters. The lowest BCUT2D eigenvalue weighted by Crippen LogP contribution is -2.48. The molecule has 1 aromatic carbocycles. The molecule has 0 spiro atoms. The number of amides is 1. The SMILES string of the molecule is Cc1cc(C)c(NC(=O)C(C)N2CCCC(O)C2)c(Cl)c1. The molecule has 1 amide bonds. The minimum absolute atomic E-state index is 0.0852. The minimum Gasteiger partial charge on any atom is -0.392 e. The van der Waals surface area contributed by atoms with Crippen LogP contribution in [-0.2, 0) is 4.79 Å². The van der Waals surface area contributed by atoms with Crippen LogP contribution in [0.25, 0.3) is 0 Å². The number of nitrogens with zero attached hydrogens (tertiary/aromatic N) is 1. The van der Waals surface area contributed by atoms with E-state index >= 15 is 0 Å². The largest absolute Gasteiger partial charge is 0.392 e. The molecule has 2 atom stereocenters. The van der Waals surface area contributed by atoms with E-state index in [2.05, 4.69) is 5.32 Å². The maximum atomic E-state index is 12.4. The summed E-state index contributed by atoms with van der Waals surface area (Å²) in [6.45, 7) is 7.16. The second kappa shape index (κ2) is 6.77. The van der Waals surface area contributed by atoms with Crippen LogP contribution in [0.15, 0.2) is 12.1 Å². The average Bonchev–Trinajstić information content (AvgIpc) is 2.41. The highest BCUT2D eigenvalue weighted by Crippen LogP contribution is 2.27. The van der Waals surface area contributed by atoms with Gasteiger partial charge in [0.05, 0.1) is 22.9 Å². The molecule has 1 aliphatic heterocycles. The van der Waals surface area contributed by atoms with Crippen LogP contribution in [0, 0.1) is 13.8 Å². The van der Waals surface area contributed by atoms with E-state index < -0.39 is 0 Å². The third-order valence-electron chi connectivity index (χ3n) is 4.04. The standard InChI is InChI=1S/C16H23ClN2O2/c1-10-7-11(2)15(14(17)8-10)18-16(21)12(3)19-6-4-5-13(20)9-19/h7-8,12-13,20H,4-6,9H2,1-3H3,(H,18,21). The van der Waals surface area contributed by atoms with Gasteiger partial charge in [0.1, 0.15) is 0 Å². The molecule has 4 nitrogen and oxygen atoms in total. The zero-order chi connectivity index (χ0) is 15.6. The molecule has 2 N–H and O–H groups in total. The van der Waals surface area contributed by atoms with E-state index in [0.29, 0.717) is 17.3 Å². The predicted molar refractivity (Wildman–Crippen MR) is 85.8 cm³/mol. The number of nitrogens with one attached hydrogen (secondary N) is 1. The van der Waals surface area contributed by atoms with Gasteiger partial charge in [-0.1, -0.05) is 17.7 Å². The van der Waals surface area contributed by atoms with Crippen molar-refractivity contribution in [2.75, 3.05) is 18.4 Å². The molecule has 1 saturated heterocycles. The first-order valence-corrected chi connectivity index (χ1v) is 7.76. The van der Waals surface area contributed by atoms with Crippen molar-refractivity contribution in [1.29, 1.82) is 0 Å². The van der Waals surface area contributed by atoms with Gasteiger partial charge in [-0.25, -0.2) is 0 Å². The lowest BCUT2D eigenvalue weighted by Gasteiger charge is -2.34. The molecular formula is C16H23ClN2O2. The quantitative estimate of drug-likeness (QED) is 0.902. The van der Waals surface area contributed by atoms with Crippen LogP contribution >= 0.6 is 11.6 Å². The maximum absolute atomic E-state index is 12.4. The first-order valence-electron chi connectivity index (χ1n) is 7.38. The molecular weight excluding hydrogens is 288 g/mol. The fourth-order valence-electron chi connectivity index (χ4n) is 2.80. The highest BCUT2D eigenvalue weighted by Gasteiger charge is 2.27. The van der Waals surface area contributed by atoms with Crippen molar-refractivity contribution in [2.24, 2.45) is 0 Å². The highest BCUT2D eigenvalue weighted by atomic mass is 35.5. The highest BCUT2D eigenvalue weighted by molar-refractivity contribution is 6.34. The van der Waals surface area contributed by atoms with Gasteiger partial charge in [0.2, 0.25) is 5.91 Å². The first kappa shape index (κ1) is 16.3. The maximum Gasteiger partial charge on any atom is 0.241 e. The Kier molecular flexibility index (Phi) is 5.25. The predicted octanol–water partition coefficient (Wildman–Crippen LogP) is 2.74. The molecule has 0 bridgehead atoms. The Morgan fingerprint density at radius 1 is 1.48 bits per heavy atom. The molecule has 0 aromatic heterocycles. The van der Waals surface area contributed by atoms with Crippen LogP contribution in [0.1, 0.15) is 30.9 Å². The zero-order valence-corrected chi connectivity index (χ0v) is 13.6. The minimum atomic E-state index is -0.335. The van der Waals surface area contributed by atoms with Crippen molar-refractivity contribution in [3.8, 4) is 0 Å². The Morgan fingerprint density at radius 2 is 2.19 bits per heavy atom. The molecule has 0 aliphatic carbocycles. The molecule has 1 aliphatic rings. The van der Waals surface area contributed by atoms with Crippen LogP contribution in [0.5, 0.6) is 0 Å². The number of benzene rings is 1. The first-order chi connectivity index (χ1) is 9.88. The van der Waals surface area contributed by atoms with E-state index in [-0.39, 0.29) is 18.1 Å². The molecule has 21 heavy (non-hydrogen) atoms. The average molecular weight is 311 g/mol. The molecule has 2 rings (SSSR count). The van der Waals surface area contributed by atoms with Crippen molar-refractivity contribution in [3.63, 3.8) is 0 Å². The number of likely N-dealkylation sites (tertiary alicyclic amines) is 1. The Hall–Kier alpha value is -1.10. The Bertz CT molecular complexity index is 510. The summed E-state index contributed by atoms with van der Waals surface area (Å²) in [5.74, 6) is -0.0852. The molecule has 0 saturated carbocycles. The van der Waals surface area contributed by atoms with Crippen LogP contribution < -0.4 is 5.32 Å². The molecule has 116 valence electrons. The molecule has 1 fully saturated rings. The Labute approximate surface area is 131 Å². The number of carbonyl (C=O) groups excluding carboxylic acids is 1. The lowest BCUT2D eigenvalue weighted by molar-refractivity contribution is -0.121. The summed E-state index contributed by atoms with van der Waals surface area (Å²) in [7, 11) is 0. The summed E-state index contributed by atoms with van der Waals surface area (Å²) in [6.07, 6.45) is 1.40. The number of aliphatic hydroxyl groups is 1. The summed E-state index contributed by atoms with van der Waals surface area (Å²) < 4.78 is 0. The number of hydrogen-bond acceptors (Lipinski definition) is 3. The fraction of sp³-hybridized carbons (Fsp3) is 0.562. The number of anilines is 1. The number of aliphatic hydroxyl groups excluding tert-OH is 1. The van der Waals surface area contributed by atoms with Gasteiger partial charge in [-0.3, -0.25) is 9.69 Å². The summed E-state index contributed by atoms with van der Waals surface area (Å²) in [4.78, 5) is 14.4. The number of hydrogen-bond donors (Lipinski definition) is 2.